The maximum absolute atomic E-state index is 12.4. The number of carbonyl (C=O) groups excluding carboxylic acids is 1. The number of methoxy groups -OCH3 is 1. The number of nitrogens with one attached hydrogen (secondary N) is 1. The van der Waals surface area contributed by atoms with E-state index in [4.69, 9.17) is 4.74 Å². The fourth-order valence-corrected chi connectivity index (χ4v) is 3.66. The van der Waals surface area contributed by atoms with Crippen molar-refractivity contribution < 1.29 is 9.53 Å². The fourth-order valence-electron chi connectivity index (χ4n) is 2.11. The van der Waals surface area contributed by atoms with Crippen LogP contribution in [0.5, 0.6) is 5.75 Å². The van der Waals surface area contributed by atoms with Gasteiger partial charge in [-0.3, -0.25) is 4.79 Å². The molecule has 2 aromatic heterocycles. The van der Waals surface area contributed by atoms with E-state index in [2.05, 4.69) is 15.3 Å². The Morgan fingerprint density at radius 1 is 1.36 bits per heavy atom. The van der Waals surface area contributed by atoms with E-state index in [1.54, 1.807) is 13.3 Å². The zero-order valence-corrected chi connectivity index (χ0v) is 15.7. The molecule has 25 heavy (non-hydrogen) atoms. The van der Waals surface area contributed by atoms with E-state index in [-0.39, 0.29) is 11.2 Å². The number of rotatable bonds is 6. The molecular weight excluding hydrogens is 356 g/mol. The molecule has 0 bridgehead atoms. The zero-order chi connectivity index (χ0) is 17.8. The molecule has 2 heterocycles. The summed E-state index contributed by atoms with van der Waals surface area (Å²) in [5.41, 5.74) is 1.81. The minimum absolute atomic E-state index is 0.0939. The van der Waals surface area contributed by atoms with Crippen LogP contribution in [-0.2, 0) is 11.8 Å². The van der Waals surface area contributed by atoms with E-state index in [1.807, 2.05) is 54.4 Å². The lowest BCUT2D eigenvalue weighted by Gasteiger charge is -2.09. The molecule has 0 saturated heterocycles. The number of imidazole rings is 1. The number of hydrogen-bond donors (Lipinski definition) is 1. The van der Waals surface area contributed by atoms with E-state index < -0.39 is 0 Å². The second-order valence-corrected chi connectivity index (χ2v) is 7.50. The van der Waals surface area contributed by atoms with Crippen molar-refractivity contribution in [1.29, 1.82) is 0 Å². The molecule has 0 saturated carbocycles. The van der Waals surface area contributed by atoms with Crippen LogP contribution in [0.15, 0.2) is 47.2 Å². The van der Waals surface area contributed by atoms with Crippen molar-refractivity contribution in [1.82, 2.24) is 14.5 Å². The van der Waals surface area contributed by atoms with Crippen LogP contribution in [0.3, 0.4) is 0 Å². The van der Waals surface area contributed by atoms with E-state index in [0.717, 1.165) is 22.2 Å². The Morgan fingerprint density at radius 3 is 2.76 bits per heavy atom. The highest BCUT2D eigenvalue weighted by atomic mass is 32.2. The van der Waals surface area contributed by atoms with Crippen LogP contribution in [0, 0.1) is 0 Å². The molecule has 3 rings (SSSR count). The third-order valence-corrected chi connectivity index (χ3v) is 5.48. The van der Waals surface area contributed by atoms with Gasteiger partial charge in [-0.05, 0) is 31.2 Å². The van der Waals surface area contributed by atoms with Crippen LogP contribution in [-0.4, -0.2) is 32.8 Å². The van der Waals surface area contributed by atoms with Crippen molar-refractivity contribution in [3.8, 4) is 17.0 Å². The normalized spacial score (nSPS) is 12.0. The standard InChI is InChI=1S/C17H18N4O2S2/c1-11(25-17-18-8-9-21(17)2)15(22)20-16-19-14(10-24-16)12-4-6-13(23-3)7-5-12/h4-11H,1-3H3,(H,19,20,22). The van der Waals surface area contributed by atoms with Crippen LogP contribution in [0.2, 0.25) is 0 Å². The molecular formula is C17H18N4O2S2. The number of ether oxygens (including phenoxy) is 1. The maximum atomic E-state index is 12.4. The summed E-state index contributed by atoms with van der Waals surface area (Å²) in [5, 5.41) is 5.92. The van der Waals surface area contributed by atoms with Gasteiger partial charge in [-0.1, -0.05) is 11.8 Å². The molecule has 1 atom stereocenters. The third kappa shape index (κ3) is 4.21. The minimum atomic E-state index is -0.269. The lowest BCUT2D eigenvalue weighted by molar-refractivity contribution is -0.115. The molecule has 0 spiro atoms. The van der Waals surface area contributed by atoms with Crippen LogP contribution < -0.4 is 10.1 Å². The number of carbonyl (C=O) groups is 1. The average molecular weight is 374 g/mol. The molecule has 6 nitrogen and oxygen atoms in total. The zero-order valence-electron chi connectivity index (χ0n) is 14.1. The van der Waals surface area contributed by atoms with Gasteiger partial charge in [0.25, 0.3) is 0 Å². The molecule has 1 aromatic carbocycles. The van der Waals surface area contributed by atoms with Crippen molar-refractivity contribution in [2.24, 2.45) is 7.05 Å². The summed E-state index contributed by atoms with van der Waals surface area (Å²) < 4.78 is 7.05. The number of hydrogen-bond acceptors (Lipinski definition) is 6. The lowest BCUT2D eigenvalue weighted by atomic mass is 10.2. The van der Waals surface area contributed by atoms with Crippen LogP contribution in [0.25, 0.3) is 11.3 Å². The largest absolute Gasteiger partial charge is 0.497 e. The molecule has 0 aliphatic rings. The lowest BCUT2D eigenvalue weighted by Crippen LogP contribution is -2.22. The molecule has 1 N–H and O–H groups in total. The van der Waals surface area contributed by atoms with Gasteiger partial charge in [-0.2, -0.15) is 0 Å². The van der Waals surface area contributed by atoms with Crippen molar-refractivity contribution in [2.45, 2.75) is 17.3 Å². The van der Waals surface area contributed by atoms with Gasteiger partial charge in [0.1, 0.15) is 5.75 Å². The molecule has 130 valence electrons. The van der Waals surface area contributed by atoms with Gasteiger partial charge >= 0.3 is 0 Å². The monoisotopic (exact) mass is 374 g/mol. The number of thiazole rings is 1. The Bertz CT molecular complexity index is 858. The topological polar surface area (TPSA) is 69.0 Å². The molecule has 1 unspecified atom stereocenters. The number of benzene rings is 1. The van der Waals surface area contributed by atoms with Crippen molar-refractivity contribution in [2.75, 3.05) is 12.4 Å². The molecule has 0 aliphatic carbocycles. The highest BCUT2D eigenvalue weighted by molar-refractivity contribution is 8.00. The molecule has 8 heteroatoms. The Hall–Kier alpha value is -2.32. The SMILES string of the molecule is COc1ccc(-c2csc(NC(=O)C(C)Sc3nccn3C)n2)cc1. The fraction of sp³-hybridized carbons (Fsp3) is 0.235. The summed E-state index contributed by atoms with van der Waals surface area (Å²) in [6, 6.07) is 7.66. The summed E-state index contributed by atoms with van der Waals surface area (Å²) in [4.78, 5) is 21.1. The highest BCUT2D eigenvalue weighted by Gasteiger charge is 2.18. The van der Waals surface area contributed by atoms with Crippen molar-refractivity contribution in [3.63, 3.8) is 0 Å². The van der Waals surface area contributed by atoms with Gasteiger partial charge in [0.05, 0.1) is 18.1 Å². The summed E-state index contributed by atoms with van der Waals surface area (Å²) >= 11 is 2.82. The minimum Gasteiger partial charge on any atom is -0.497 e. The van der Waals surface area contributed by atoms with E-state index in [9.17, 15) is 4.79 Å². The second kappa shape index (κ2) is 7.71. The van der Waals surface area contributed by atoms with Crippen LogP contribution >= 0.6 is 23.1 Å². The predicted octanol–water partition coefficient (Wildman–Crippen LogP) is 3.67. The molecule has 0 aliphatic heterocycles. The highest BCUT2D eigenvalue weighted by Crippen LogP contribution is 2.27. The Balaban J connectivity index is 1.64. The number of amides is 1. The van der Waals surface area contributed by atoms with Gasteiger partial charge in [0.15, 0.2) is 10.3 Å². The number of thioether (sulfide) groups is 1. The van der Waals surface area contributed by atoms with Crippen LogP contribution in [0.1, 0.15) is 6.92 Å². The van der Waals surface area contributed by atoms with Crippen molar-refractivity contribution >= 4 is 34.1 Å². The summed E-state index contributed by atoms with van der Waals surface area (Å²) in [6.07, 6.45) is 3.57. The molecule has 1 amide bonds. The first-order valence-corrected chi connectivity index (χ1v) is 9.37. The smallest absolute Gasteiger partial charge is 0.239 e. The maximum Gasteiger partial charge on any atom is 0.239 e. The first-order chi connectivity index (χ1) is 12.1. The van der Waals surface area contributed by atoms with E-state index in [0.29, 0.717) is 5.13 Å². The Kier molecular flexibility index (Phi) is 5.40. The first-order valence-electron chi connectivity index (χ1n) is 7.61. The second-order valence-electron chi connectivity index (χ2n) is 5.34. The summed E-state index contributed by atoms with van der Waals surface area (Å²) in [6.45, 7) is 1.85. The number of nitrogens with zero attached hydrogens (tertiary/aromatic N) is 3. The van der Waals surface area contributed by atoms with E-state index in [1.165, 1.54) is 23.1 Å². The van der Waals surface area contributed by atoms with Crippen molar-refractivity contribution in [3.05, 3.63) is 42.0 Å². The Morgan fingerprint density at radius 2 is 2.12 bits per heavy atom. The first kappa shape index (κ1) is 17.5. The average Bonchev–Trinajstić information content (AvgIpc) is 3.24. The molecule has 0 fully saturated rings. The summed E-state index contributed by atoms with van der Waals surface area (Å²) in [5.74, 6) is 0.705. The Labute approximate surface area is 154 Å². The quantitative estimate of drug-likeness (QED) is 0.667. The molecule has 3 aromatic rings. The van der Waals surface area contributed by atoms with Crippen LogP contribution in [0.4, 0.5) is 5.13 Å². The van der Waals surface area contributed by atoms with Gasteiger partial charge in [0.2, 0.25) is 5.91 Å². The van der Waals surface area contributed by atoms with Gasteiger partial charge in [0, 0.05) is 30.4 Å². The molecule has 0 radical (unpaired) electrons. The van der Waals surface area contributed by atoms with E-state index >= 15 is 0 Å². The van der Waals surface area contributed by atoms with Gasteiger partial charge in [-0.15, -0.1) is 11.3 Å². The van der Waals surface area contributed by atoms with Gasteiger partial charge < -0.3 is 14.6 Å². The predicted molar refractivity (Wildman–Crippen MR) is 101 cm³/mol. The number of anilines is 1. The van der Waals surface area contributed by atoms with Gasteiger partial charge in [-0.25, -0.2) is 9.97 Å². The number of aryl methyl sites for hydroxylation is 1. The number of aromatic nitrogens is 3. The summed E-state index contributed by atoms with van der Waals surface area (Å²) in [7, 11) is 3.54. The third-order valence-electron chi connectivity index (χ3n) is 3.55.